The van der Waals surface area contributed by atoms with Crippen LogP contribution in [-0.4, -0.2) is 41.0 Å². The van der Waals surface area contributed by atoms with Crippen molar-refractivity contribution in [3.8, 4) is 0 Å². The van der Waals surface area contributed by atoms with Crippen molar-refractivity contribution in [3.05, 3.63) is 30.3 Å². The first-order valence-corrected chi connectivity index (χ1v) is 8.93. The van der Waals surface area contributed by atoms with E-state index in [2.05, 4.69) is 11.9 Å². The lowest BCUT2D eigenvalue weighted by molar-refractivity contribution is -0.117. The third-order valence-corrected chi connectivity index (χ3v) is 5.52. The lowest BCUT2D eigenvalue weighted by Crippen LogP contribution is -2.48. The molecule has 0 bridgehead atoms. The molecule has 0 spiro atoms. The van der Waals surface area contributed by atoms with E-state index in [0.717, 1.165) is 16.6 Å². The van der Waals surface area contributed by atoms with E-state index in [4.69, 9.17) is 4.99 Å². The van der Waals surface area contributed by atoms with E-state index in [1.165, 1.54) is 25.7 Å². The molecule has 126 valence electrons. The molecule has 1 unspecified atom stereocenters. The zero-order valence-electron chi connectivity index (χ0n) is 13.6. The predicted octanol–water partition coefficient (Wildman–Crippen LogP) is 3.76. The molecule has 3 rings (SSSR count). The summed E-state index contributed by atoms with van der Waals surface area (Å²) in [7, 11) is 2.05. The highest BCUT2D eigenvalue weighted by atomic mass is 35.5. The Morgan fingerprint density at radius 3 is 2.52 bits per heavy atom. The highest BCUT2D eigenvalue weighted by Gasteiger charge is 2.34. The first-order chi connectivity index (χ1) is 10.7. The smallest absolute Gasteiger partial charge is 0.225 e. The maximum absolute atomic E-state index is 12.2. The minimum absolute atomic E-state index is 0. The maximum atomic E-state index is 12.2. The number of thioether (sulfide) groups is 1. The Labute approximate surface area is 148 Å². The maximum Gasteiger partial charge on any atom is 0.225 e. The molecular weight excluding hydrogens is 330 g/mol. The third kappa shape index (κ3) is 4.01. The monoisotopic (exact) mass is 353 g/mol. The van der Waals surface area contributed by atoms with Crippen LogP contribution in [0.3, 0.4) is 0 Å². The van der Waals surface area contributed by atoms with Crippen LogP contribution >= 0.6 is 24.2 Å². The number of amides is 1. The van der Waals surface area contributed by atoms with Crippen LogP contribution < -0.4 is 4.90 Å². The second-order valence-electron chi connectivity index (χ2n) is 5.98. The van der Waals surface area contributed by atoms with Crippen molar-refractivity contribution in [1.82, 2.24) is 4.90 Å². The van der Waals surface area contributed by atoms with Gasteiger partial charge in [0, 0.05) is 25.4 Å². The van der Waals surface area contributed by atoms with Gasteiger partial charge in [-0.25, -0.2) is 0 Å². The fraction of sp³-hybridized carbons (Fsp3) is 0.529. The van der Waals surface area contributed by atoms with Gasteiger partial charge in [0.25, 0.3) is 0 Å². The van der Waals surface area contributed by atoms with E-state index in [-0.39, 0.29) is 24.5 Å². The number of hydrogen-bond acceptors (Lipinski definition) is 3. The number of carbonyl (C=O) groups is 1. The fourth-order valence-electron chi connectivity index (χ4n) is 3.21. The van der Waals surface area contributed by atoms with Gasteiger partial charge in [-0.3, -0.25) is 14.7 Å². The molecule has 1 aliphatic carbocycles. The van der Waals surface area contributed by atoms with Crippen LogP contribution in [-0.2, 0) is 4.79 Å². The largest absolute Gasteiger partial charge is 0.333 e. The number of hydrogen-bond donors (Lipinski definition) is 0. The van der Waals surface area contributed by atoms with Crippen molar-refractivity contribution in [1.29, 1.82) is 0 Å². The molecule has 1 saturated heterocycles. The van der Waals surface area contributed by atoms with Crippen LogP contribution in [0.2, 0.25) is 0 Å². The Morgan fingerprint density at radius 2 is 1.91 bits per heavy atom. The third-order valence-electron chi connectivity index (χ3n) is 4.40. The molecule has 1 amide bonds. The summed E-state index contributed by atoms with van der Waals surface area (Å²) >= 11 is 1.77. The minimum Gasteiger partial charge on any atom is -0.333 e. The SMILES string of the molecule is CC(=O)N(c1ccccc1)C1CSC(=NC2CCCC2)N1C.Cl. The summed E-state index contributed by atoms with van der Waals surface area (Å²) in [5.41, 5.74) is 0.953. The molecule has 0 N–H and O–H groups in total. The van der Waals surface area contributed by atoms with Crippen molar-refractivity contribution < 1.29 is 4.79 Å². The van der Waals surface area contributed by atoms with Crippen molar-refractivity contribution >= 4 is 40.9 Å². The predicted molar refractivity (Wildman–Crippen MR) is 101 cm³/mol. The van der Waals surface area contributed by atoms with Gasteiger partial charge in [0.15, 0.2) is 5.17 Å². The standard InChI is InChI=1S/C17H23N3OS.ClH/c1-13(21)20(15-10-4-3-5-11-15)16-12-22-17(19(16)2)18-14-8-6-7-9-14;/h3-5,10-11,14,16H,6-9,12H2,1-2H3;1H. The molecule has 1 saturated carbocycles. The number of halogens is 1. The molecule has 1 aromatic rings. The Bertz CT molecular complexity index is 560. The zero-order chi connectivity index (χ0) is 15.5. The average molecular weight is 354 g/mol. The molecule has 2 aliphatic rings. The van der Waals surface area contributed by atoms with E-state index in [0.29, 0.717) is 6.04 Å². The van der Waals surface area contributed by atoms with Crippen LogP contribution in [0.1, 0.15) is 32.6 Å². The molecule has 1 aromatic carbocycles. The van der Waals surface area contributed by atoms with E-state index in [1.807, 2.05) is 35.2 Å². The number of carbonyl (C=O) groups excluding carboxylic acids is 1. The van der Waals surface area contributed by atoms with Gasteiger partial charge in [0.05, 0.1) is 6.04 Å². The molecule has 6 heteroatoms. The van der Waals surface area contributed by atoms with E-state index in [9.17, 15) is 4.79 Å². The van der Waals surface area contributed by atoms with Gasteiger partial charge in [0.2, 0.25) is 5.91 Å². The van der Waals surface area contributed by atoms with Gasteiger partial charge in [0.1, 0.15) is 6.17 Å². The summed E-state index contributed by atoms with van der Waals surface area (Å²) in [4.78, 5) is 21.1. The number of rotatable bonds is 3. The second kappa shape index (κ2) is 8.06. The van der Waals surface area contributed by atoms with Crippen LogP contribution in [0.4, 0.5) is 5.69 Å². The summed E-state index contributed by atoms with van der Waals surface area (Å²) in [6.45, 7) is 1.64. The van der Waals surface area contributed by atoms with Crippen molar-refractivity contribution in [2.24, 2.45) is 4.99 Å². The fourth-order valence-corrected chi connectivity index (χ4v) is 4.43. The van der Waals surface area contributed by atoms with Gasteiger partial charge >= 0.3 is 0 Å². The summed E-state index contributed by atoms with van der Waals surface area (Å²) in [6.07, 6.45) is 5.05. The number of aliphatic imine (C=N–C) groups is 1. The molecule has 2 fully saturated rings. The molecule has 0 radical (unpaired) electrons. The number of anilines is 1. The van der Waals surface area contributed by atoms with Crippen LogP contribution in [0.25, 0.3) is 0 Å². The zero-order valence-corrected chi connectivity index (χ0v) is 15.3. The summed E-state index contributed by atoms with van der Waals surface area (Å²) in [5.74, 6) is 0.946. The molecule has 1 atom stereocenters. The van der Waals surface area contributed by atoms with E-state index >= 15 is 0 Å². The molecule has 1 aliphatic heterocycles. The quantitative estimate of drug-likeness (QED) is 0.830. The highest BCUT2D eigenvalue weighted by Crippen LogP contribution is 2.31. The second-order valence-corrected chi connectivity index (χ2v) is 6.96. The van der Waals surface area contributed by atoms with Crippen LogP contribution in [0, 0.1) is 0 Å². The number of nitrogens with zero attached hydrogens (tertiary/aromatic N) is 3. The number of para-hydroxylation sites is 1. The number of amidine groups is 1. The Balaban J connectivity index is 0.00000192. The Hall–Kier alpha value is -1.20. The molecule has 4 nitrogen and oxygen atoms in total. The Morgan fingerprint density at radius 1 is 1.26 bits per heavy atom. The van der Waals surface area contributed by atoms with Crippen molar-refractivity contribution in [2.45, 2.75) is 44.8 Å². The molecule has 23 heavy (non-hydrogen) atoms. The van der Waals surface area contributed by atoms with Gasteiger partial charge < -0.3 is 4.90 Å². The van der Waals surface area contributed by atoms with Gasteiger partial charge in [-0.1, -0.05) is 42.8 Å². The van der Waals surface area contributed by atoms with Gasteiger partial charge in [-0.15, -0.1) is 12.4 Å². The molecule has 1 heterocycles. The summed E-state index contributed by atoms with van der Waals surface area (Å²) in [5, 5.41) is 1.08. The van der Waals surface area contributed by atoms with Crippen molar-refractivity contribution in [3.63, 3.8) is 0 Å². The first-order valence-electron chi connectivity index (χ1n) is 7.95. The lowest BCUT2D eigenvalue weighted by Gasteiger charge is -2.32. The van der Waals surface area contributed by atoms with Crippen molar-refractivity contribution in [2.75, 3.05) is 17.7 Å². The highest BCUT2D eigenvalue weighted by molar-refractivity contribution is 8.14. The Kier molecular flexibility index (Phi) is 6.36. The first kappa shape index (κ1) is 18.1. The minimum atomic E-state index is 0. The number of benzene rings is 1. The topological polar surface area (TPSA) is 35.9 Å². The van der Waals surface area contributed by atoms with Crippen LogP contribution in [0.5, 0.6) is 0 Å². The molecular formula is C17H24ClN3OS. The summed E-state index contributed by atoms with van der Waals surface area (Å²) < 4.78 is 0. The van der Waals surface area contributed by atoms with E-state index < -0.39 is 0 Å². The van der Waals surface area contributed by atoms with Gasteiger partial charge in [-0.05, 0) is 25.0 Å². The average Bonchev–Trinajstić information content (AvgIpc) is 3.14. The molecule has 0 aromatic heterocycles. The normalized spacial score (nSPS) is 23.1. The summed E-state index contributed by atoms with van der Waals surface area (Å²) in [6, 6.07) is 10.4. The van der Waals surface area contributed by atoms with Crippen LogP contribution in [0.15, 0.2) is 35.3 Å². The van der Waals surface area contributed by atoms with Gasteiger partial charge in [-0.2, -0.15) is 0 Å². The van der Waals surface area contributed by atoms with E-state index in [1.54, 1.807) is 18.7 Å². The lowest BCUT2D eigenvalue weighted by atomic mass is 10.2.